The van der Waals surface area contributed by atoms with E-state index in [1.807, 2.05) is 17.0 Å². The second kappa shape index (κ2) is 8.17. The molecule has 0 spiro atoms. The number of rotatable bonds is 5. The van der Waals surface area contributed by atoms with Crippen LogP contribution in [-0.2, 0) is 17.6 Å². The fourth-order valence-corrected chi connectivity index (χ4v) is 3.04. The highest BCUT2D eigenvalue weighted by Crippen LogP contribution is 2.33. The van der Waals surface area contributed by atoms with Crippen molar-refractivity contribution >= 4 is 23.0 Å². The Morgan fingerprint density at radius 2 is 1.89 bits per heavy atom. The van der Waals surface area contributed by atoms with E-state index in [-0.39, 0.29) is 6.61 Å². The molecule has 1 aromatic heterocycles. The maximum Gasteiger partial charge on any atom is 0.417 e. The van der Waals surface area contributed by atoms with Crippen molar-refractivity contribution in [3.63, 3.8) is 0 Å². The quantitative estimate of drug-likeness (QED) is 0.508. The van der Waals surface area contributed by atoms with Crippen LogP contribution < -0.4 is 4.90 Å². The van der Waals surface area contributed by atoms with Crippen LogP contribution in [0.25, 0.3) is 0 Å². The molecule has 1 aliphatic rings. The van der Waals surface area contributed by atoms with E-state index in [1.165, 1.54) is 0 Å². The molecule has 27 heavy (non-hydrogen) atoms. The molecular formula is C19H19ClF3N3O. The predicted molar refractivity (Wildman–Crippen MR) is 99.1 cm³/mol. The molecule has 0 aliphatic carbocycles. The second-order valence-electron chi connectivity index (χ2n) is 6.36. The molecule has 0 radical (unpaired) electrons. The van der Waals surface area contributed by atoms with Gasteiger partial charge in [0.25, 0.3) is 0 Å². The van der Waals surface area contributed by atoms with E-state index in [4.69, 9.17) is 16.4 Å². The van der Waals surface area contributed by atoms with Crippen LogP contribution in [0.5, 0.6) is 0 Å². The number of alkyl halides is 3. The molecule has 144 valence electrons. The summed E-state index contributed by atoms with van der Waals surface area (Å²) in [6, 6.07) is 8.28. The molecule has 1 aliphatic heterocycles. The first-order valence-electron chi connectivity index (χ1n) is 8.58. The number of halogens is 4. The van der Waals surface area contributed by atoms with Crippen LogP contribution in [-0.4, -0.2) is 23.8 Å². The highest BCUT2D eigenvalue weighted by Gasteiger charge is 2.33. The number of nitrogens with zero attached hydrogens (tertiary/aromatic N) is 3. The standard InChI is InChI=1S/C19H19ClF3N3O/c1-13(25-27-12-14-4-6-16(20)7-5-14)18-17(26-8-2-3-9-26)10-15(11-24-18)19(21,22)23/h4-7,10-11H,2-3,8-9,12H2,1H3. The Balaban J connectivity index is 1.81. The molecule has 1 saturated heterocycles. The molecule has 0 N–H and O–H groups in total. The lowest BCUT2D eigenvalue weighted by Gasteiger charge is -2.22. The van der Waals surface area contributed by atoms with Gasteiger partial charge in [0.05, 0.1) is 11.3 Å². The molecule has 0 atom stereocenters. The smallest absolute Gasteiger partial charge is 0.391 e. The van der Waals surface area contributed by atoms with E-state index in [9.17, 15) is 13.2 Å². The molecule has 8 heteroatoms. The van der Waals surface area contributed by atoms with Gasteiger partial charge in [-0.05, 0) is 43.5 Å². The Hall–Kier alpha value is -2.28. The third kappa shape index (κ3) is 4.91. The normalized spacial score (nSPS) is 15.3. The van der Waals surface area contributed by atoms with Crippen molar-refractivity contribution in [3.8, 4) is 0 Å². The molecule has 4 nitrogen and oxygen atoms in total. The van der Waals surface area contributed by atoms with E-state index in [2.05, 4.69) is 10.1 Å². The average molecular weight is 398 g/mol. The first kappa shape index (κ1) is 19.5. The molecule has 1 aromatic carbocycles. The van der Waals surface area contributed by atoms with Crippen molar-refractivity contribution in [1.82, 2.24) is 4.98 Å². The van der Waals surface area contributed by atoms with Gasteiger partial charge in [-0.2, -0.15) is 13.2 Å². The summed E-state index contributed by atoms with van der Waals surface area (Å²) >= 11 is 5.84. The summed E-state index contributed by atoms with van der Waals surface area (Å²) in [5.74, 6) is 0. The number of hydrogen-bond acceptors (Lipinski definition) is 4. The van der Waals surface area contributed by atoms with E-state index in [1.54, 1.807) is 19.1 Å². The predicted octanol–water partition coefficient (Wildman–Crippen LogP) is 5.29. The van der Waals surface area contributed by atoms with Gasteiger partial charge in [0, 0.05) is 24.3 Å². The Kier molecular flexibility index (Phi) is 5.89. The summed E-state index contributed by atoms with van der Waals surface area (Å²) in [4.78, 5) is 11.3. The lowest BCUT2D eigenvalue weighted by atomic mass is 10.1. The van der Waals surface area contributed by atoms with E-state index < -0.39 is 11.7 Å². The number of hydrogen-bond donors (Lipinski definition) is 0. The first-order chi connectivity index (χ1) is 12.8. The number of pyridine rings is 1. The fourth-order valence-electron chi connectivity index (χ4n) is 2.91. The summed E-state index contributed by atoms with van der Waals surface area (Å²) in [5, 5.41) is 4.68. The summed E-state index contributed by atoms with van der Waals surface area (Å²) < 4.78 is 39.3. The lowest BCUT2D eigenvalue weighted by molar-refractivity contribution is -0.137. The van der Waals surface area contributed by atoms with Crippen LogP contribution in [0, 0.1) is 0 Å². The van der Waals surface area contributed by atoms with E-state index >= 15 is 0 Å². The highest BCUT2D eigenvalue weighted by atomic mass is 35.5. The van der Waals surface area contributed by atoms with Crippen molar-refractivity contribution in [2.24, 2.45) is 5.16 Å². The maximum absolute atomic E-state index is 13.1. The Labute approximate surface area is 160 Å². The Morgan fingerprint density at radius 1 is 1.22 bits per heavy atom. The molecule has 0 unspecified atom stereocenters. The molecule has 3 rings (SSSR count). The molecular weight excluding hydrogens is 379 g/mol. The van der Waals surface area contributed by atoms with Crippen molar-refractivity contribution in [1.29, 1.82) is 0 Å². The minimum atomic E-state index is -4.43. The van der Waals surface area contributed by atoms with Crippen LogP contribution in [0.15, 0.2) is 41.7 Å². The number of benzene rings is 1. The summed E-state index contributed by atoms with van der Waals surface area (Å²) in [6.45, 7) is 3.31. The third-order valence-electron chi connectivity index (χ3n) is 4.33. The molecule has 0 saturated carbocycles. The second-order valence-corrected chi connectivity index (χ2v) is 6.80. The maximum atomic E-state index is 13.1. The van der Waals surface area contributed by atoms with Gasteiger partial charge in [-0.3, -0.25) is 4.98 Å². The van der Waals surface area contributed by atoms with Gasteiger partial charge in [-0.1, -0.05) is 28.9 Å². The van der Waals surface area contributed by atoms with Crippen LogP contribution in [0.4, 0.5) is 18.9 Å². The van der Waals surface area contributed by atoms with Crippen molar-refractivity contribution in [3.05, 3.63) is 58.4 Å². The number of aromatic nitrogens is 1. The minimum Gasteiger partial charge on any atom is -0.391 e. The Bertz CT molecular complexity index is 816. The van der Waals surface area contributed by atoms with Gasteiger partial charge in [-0.15, -0.1) is 0 Å². The van der Waals surface area contributed by atoms with Crippen molar-refractivity contribution in [2.75, 3.05) is 18.0 Å². The van der Waals surface area contributed by atoms with Gasteiger partial charge in [0.1, 0.15) is 18.0 Å². The van der Waals surface area contributed by atoms with E-state index in [0.717, 1.165) is 30.7 Å². The minimum absolute atomic E-state index is 0.230. The Morgan fingerprint density at radius 3 is 2.52 bits per heavy atom. The zero-order valence-electron chi connectivity index (χ0n) is 14.8. The topological polar surface area (TPSA) is 37.7 Å². The van der Waals surface area contributed by atoms with Crippen LogP contribution in [0.2, 0.25) is 5.02 Å². The van der Waals surface area contributed by atoms with Crippen molar-refractivity contribution in [2.45, 2.75) is 32.5 Å². The SMILES string of the molecule is CC(=NOCc1ccc(Cl)cc1)c1ncc(C(F)(F)F)cc1N1CCCC1. The fraction of sp³-hybridized carbons (Fsp3) is 0.368. The van der Waals surface area contributed by atoms with Crippen LogP contribution >= 0.6 is 11.6 Å². The zero-order valence-corrected chi connectivity index (χ0v) is 15.5. The lowest BCUT2D eigenvalue weighted by Crippen LogP contribution is -2.22. The van der Waals surface area contributed by atoms with E-state index in [0.29, 0.717) is 35.2 Å². The monoisotopic (exact) mass is 397 g/mol. The van der Waals surface area contributed by atoms with Gasteiger partial charge in [0.2, 0.25) is 0 Å². The average Bonchev–Trinajstić information content (AvgIpc) is 3.16. The number of anilines is 1. The van der Waals surface area contributed by atoms with Crippen molar-refractivity contribution < 1.29 is 18.0 Å². The largest absolute Gasteiger partial charge is 0.417 e. The zero-order chi connectivity index (χ0) is 19.4. The first-order valence-corrected chi connectivity index (χ1v) is 8.96. The number of oxime groups is 1. The molecule has 0 amide bonds. The molecule has 2 heterocycles. The third-order valence-corrected chi connectivity index (χ3v) is 4.58. The molecule has 1 fully saturated rings. The summed E-state index contributed by atoms with van der Waals surface area (Å²) in [5.41, 5.74) is 1.40. The van der Waals surface area contributed by atoms with Gasteiger partial charge < -0.3 is 9.74 Å². The summed E-state index contributed by atoms with van der Waals surface area (Å²) in [6.07, 6.45) is -1.71. The summed E-state index contributed by atoms with van der Waals surface area (Å²) in [7, 11) is 0. The van der Waals surface area contributed by atoms with Gasteiger partial charge >= 0.3 is 6.18 Å². The van der Waals surface area contributed by atoms with Crippen LogP contribution in [0.3, 0.4) is 0 Å². The van der Waals surface area contributed by atoms with Gasteiger partial charge in [-0.25, -0.2) is 0 Å². The van der Waals surface area contributed by atoms with Crippen LogP contribution in [0.1, 0.15) is 36.6 Å². The molecule has 0 bridgehead atoms. The van der Waals surface area contributed by atoms with Gasteiger partial charge in [0.15, 0.2) is 0 Å². The highest BCUT2D eigenvalue weighted by molar-refractivity contribution is 6.30. The molecule has 2 aromatic rings.